The van der Waals surface area contributed by atoms with Crippen LogP contribution in [0.4, 0.5) is 15.0 Å². The Bertz CT molecular complexity index is 822. The number of rotatable bonds is 4. The number of fused-ring (bicyclic) bond motifs is 1. The predicted octanol–water partition coefficient (Wildman–Crippen LogP) is 1.78. The van der Waals surface area contributed by atoms with E-state index in [-0.39, 0.29) is 11.8 Å². The number of hydrogen-bond acceptors (Lipinski definition) is 5. The third-order valence-electron chi connectivity index (χ3n) is 4.92. The SMILES string of the molecule is O=C(Nc1ccn(CCN2CCOCC2)n1)N1CCOc2cc(F)ccc2C1. The number of carbonyl (C=O) groups excluding carboxylic acids is 1. The van der Waals surface area contributed by atoms with Gasteiger partial charge in [0.1, 0.15) is 18.2 Å². The zero-order valence-corrected chi connectivity index (χ0v) is 15.6. The fourth-order valence-corrected chi connectivity index (χ4v) is 3.33. The first-order chi connectivity index (χ1) is 13.7. The van der Waals surface area contributed by atoms with Crippen LogP contribution in [0.25, 0.3) is 0 Å². The van der Waals surface area contributed by atoms with E-state index in [0.29, 0.717) is 31.3 Å². The molecule has 3 heterocycles. The van der Waals surface area contributed by atoms with E-state index in [1.54, 1.807) is 17.0 Å². The summed E-state index contributed by atoms with van der Waals surface area (Å²) in [4.78, 5) is 16.6. The van der Waals surface area contributed by atoms with E-state index >= 15 is 0 Å². The molecule has 1 aromatic heterocycles. The summed E-state index contributed by atoms with van der Waals surface area (Å²) >= 11 is 0. The van der Waals surface area contributed by atoms with Gasteiger partial charge in [-0.25, -0.2) is 9.18 Å². The highest BCUT2D eigenvalue weighted by molar-refractivity contribution is 5.88. The molecule has 150 valence electrons. The predicted molar refractivity (Wildman–Crippen MR) is 101 cm³/mol. The Hall–Kier alpha value is -2.65. The second kappa shape index (κ2) is 8.57. The van der Waals surface area contributed by atoms with Crippen LogP contribution in [0.15, 0.2) is 30.5 Å². The molecule has 0 radical (unpaired) electrons. The van der Waals surface area contributed by atoms with Crippen LogP contribution < -0.4 is 10.1 Å². The third-order valence-corrected chi connectivity index (χ3v) is 4.92. The molecule has 8 nitrogen and oxygen atoms in total. The maximum absolute atomic E-state index is 13.4. The second-order valence-corrected chi connectivity index (χ2v) is 6.87. The van der Waals surface area contributed by atoms with Crippen molar-refractivity contribution < 1.29 is 18.7 Å². The van der Waals surface area contributed by atoms with E-state index < -0.39 is 0 Å². The molecule has 1 aromatic carbocycles. The van der Waals surface area contributed by atoms with E-state index in [1.807, 2.05) is 10.9 Å². The number of carbonyl (C=O) groups is 1. The molecule has 0 atom stereocenters. The number of halogens is 1. The highest BCUT2D eigenvalue weighted by atomic mass is 19.1. The lowest BCUT2D eigenvalue weighted by Crippen LogP contribution is -2.38. The molecule has 2 amide bonds. The van der Waals surface area contributed by atoms with Crippen molar-refractivity contribution in [1.29, 1.82) is 0 Å². The summed E-state index contributed by atoms with van der Waals surface area (Å²) in [6.45, 7) is 6.17. The van der Waals surface area contributed by atoms with Crippen molar-refractivity contribution in [3.05, 3.63) is 41.8 Å². The zero-order chi connectivity index (χ0) is 19.3. The molecule has 1 N–H and O–H groups in total. The molecule has 2 aliphatic heterocycles. The maximum Gasteiger partial charge on any atom is 0.323 e. The topological polar surface area (TPSA) is 71.9 Å². The van der Waals surface area contributed by atoms with Gasteiger partial charge in [-0.3, -0.25) is 14.9 Å². The summed E-state index contributed by atoms with van der Waals surface area (Å²) in [7, 11) is 0. The summed E-state index contributed by atoms with van der Waals surface area (Å²) in [5, 5.41) is 7.26. The van der Waals surface area contributed by atoms with Gasteiger partial charge >= 0.3 is 6.03 Å². The van der Waals surface area contributed by atoms with Crippen molar-refractivity contribution in [2.24, 2.45) is 0 Å². The molecule has 0 bridgehead atoms. The van der Waals surface area contributed by atoms with E-state index in [9.17, 15) is 9.18 Å². The zero-order valence-electron chi connectivity index (χ0n) is 15.6. The number of hydrogen-bond donors (Lipinski definition) is 1. The van der Waals surface area contributed by atoms with E-state index in [1.165, 1.54) is 12.1 Å². The van der Waals surface area contributed by atoms with Crippen molar-refractivity contribution in [2.45, 2.75) is 13.1 Å². The van der Waals surface area contributed by atoms with E-state index in [2.05, 4.69) is 15.3 Å². The number of urea groups is 1. The minimum absolute atomic E-state index is 0.251. The Kier molecular flexibility index (Phi) is 5.73. The van der Waals surface area contributed by atoms with Gasteiger partial charge in [-0.15, -0.1) is 0 Å². The molecule has 0 unspecified atom stereocenters. The van der Waals surface area contributed by atoms with Gasteiger partial charge in [0.15, 0.2) is 5.82 Å². The molecule has 2 aliphatic rings. The van der Waals surface area contributed by atoms with Crippen molar-refractivity contribution in [3.63, 3.8) is 0 Å². The lowest BCUT2D eigenvalue weighted by molar-refractivity contribution is 0.0360. The van der Waals surface area contributed by atoms with Gasteiger partial charge in [-0.1, -0.05) is 6.07 Å². The van der Waals surface area contributed by atoms with Crippen LogP contribution in [0.5, 0.6) is 5.75 Å². The summed E-state index contributed by atoms with van der Waals surface area (Å²) in [6.07, 6.45) is 1.86. The molecule has 1 saturated heterocycles. The first kappa shape index (κ1) is 18.7. The number of ether oxygens (including phenoxy) is 2. The minimum Gasteiger partial charge on any atom is -0.491 e. The van der Waals surface area contributed by atoms with Crippen LogP contribution in [0.1, 0.15) is 5.56 Å². The number of benzene rings is 1. The molecule has 0 saturated carbocycles. The van der Waals surface area contributed by atoms with Crippen LogP contribution in [0.3, 0.4) is 0 Å². The third kappa shape index (κ3) is 4.60. The average Bonchev–Trinajstić information content (AvgIpc) is 3.04. The van der Waals surface area contributed by atoms with Crippen LogP contribution in [0, 0.1) is 5.82 Å². The number of aromatic nitrogens is 2. The first-order valence-electron chi connectivity index (χ1n) is 9.48. The standard InChI is InChI=1S/C19H24FN5O3/c20-16-2-1-15-14-24(9-12-28-17(15)13-16)19(26)21-18-3-4-25(22-18)6-5-23-7-10-27-11-8-23/h1-4,13H,5-12,14H2,(H,21,22,26). The van der Waals surface area contributed by atoms with Crippen molar-refractivity contribution >= 4 is 11.8 Å². The molecule has 4 rings (SSSR count). The van der Waals surface area contributed by atoms with Crippen molar-refractivity contribution in [3.8, 4) is 5.75 Å². The lowest BCUT2D eigenvalue weighted by Gasteiger charge is -2.26. The fourth-order valence-electron chi connectivity index (χ4n) is 3.33. The van der Waals surface area contributed by atoms with Crippen LogP contribution in [-0.2, 0) is 17.8 Å². The maximum atomic E-state index is 13.4. The number of amides is 2. The minimum atomic E-state index is -0.348. The van der Waals surface area contributed by atoms with Gasteiger partial charge in [0.25, 0.3) is 0 Å². The smallest absolute Gasteiger partial charge is 0.323 e. The molecule has 1 fully saturated rings. The number of anilines is 1. The Morgan fingerprint density at radius 1 is 1.14 bits per heavy atom. The quantitative estimate of drug-likeness (QED) is 0.863. The Balaban J connectivity index is 1.32. The van der Waals surface area contributed by atoms with Gasteiger partial charge in [0, 0.05) is 43.5 Å². The van der Waals surface area contributed by atoms with Crippen LogP contribution >= 0.6 is 0 Å². The normalized spacial score (nSPS) is 17.5. The van der Waals surface area contributed by atoms with Gasteiger partial charge in [0.2, 0.25) is 0 Å². The second-order valence-electron chi connectivity index (χ2n) is 6.87. The van der Waals surface area contributed by atoms with Gasteiger partial charge in [0.05, 0.1) is 32.8 Å². The number of nitrogens with zero attached hydrogens (tertiary/aromatic N) is 4. The fraction of sp³-hybridized carbons (Fsp3) is 0.474. The van der Waals surface area contributed by atoms with Crippen molar-refractivity contribution in [2.75, 3.05) is 51.3 Å². The van der Waals surface area contributed by atoms with Crippen LogP contribution in [-0.4, -0.2) is 71.6 Å². The highest BCUT2D eigenvalue weighted by Gasteiger charge is 2.21. The average molecular weight is 389 g/mol. The number of morpholine rings is 1. The lowest BCUT2D eigenvalue weighted by atomic mass is 10.2. The summed E-state index contributed by atoms with van der Waals surface area (Å²) in [6, 6.07) is 5.91. The molecule has 0 aliphatic carbocycles. The van der Waals surface area contributed by atoms with Crippen LogP contribution in [0.2, 0.25) is 0 Å². The van der Waals surface area contributed by atoms with Crippen molar-refractivity contribution in [1.82, 2.24) is 19.6 Å². The Labute approximate surface area is 162 Å². The Morgan fingerprint density at radius 2 is 2.00 bits per heavy atom. The first-order valence-corrected chi connectivity index (χ1v) is 9.48. The number of nitrogens with one attached hydrogen (secondary N) is 1. The van der Waals surface area contributed by atoms with Gasteiger partial charge < -0.3 is 14.4 Å². The highest BCUT2D eigenvalue weighted by Crippen LogP contribution is 2.24. The summed E-state index contributed by atoms with van der Waals surface area (Å²) in [5.74, 6) is 0.651. The monoisotopic (exact) mass is 389 g/mol. The van der Waals surface area contributed by atoms with E-state index in [4.69, 9.17) is 9.47 Å². The summed E-state index contributed by atoms with van der Waals surface area (Å²) in [5.41, 5.74) is 0.782. The molecular weight excluding hydrogens is 365 g/mol. The van der Waals surface area contributed by atoms with Gasteiger partial charge in [-0.2, -0.15) is 5.10 Å². The molecule has 28 heavy (non-hydrogen) atoms. The largest absolute Gasteiger partial charge is 0.491 e. The summed E-state index contributed by atoms with van der Waals surface area (Å²) < 4.78 is 26.1. The van der Waals surface area contributed by atoms with Gasteiger partial charge in [-0.05, 0) is 6.07 Å². The molecule has 2 aromatic rings. The molecule has 9 heteroatoms. The van der Waals surface area contributed by atoms with E-state index in [0.717, 1.165) is 45.0 Å². The molecule has 0 spiro atoms. The Morgan fingerprint density at radius 3 is 2.86 bits per heavy atom. The molecular formula is C19H24FN5O3.